The van der Waals surface area contributed by atoms with E-state index in [2.05, 4.69) is 39.2 Å². The molecule has 0 spiro atoms. The second-order valence-electron chi connectivity index (χ2n) is 6.99. The fraction of sp³-hybridized carbons (Fsp3) is 0.556. The van der Waals surface area contributed by atoms with Crippen LogP contribution < -0.4 is 5.32 Å². The van der Waals surface area contributed by atoms with Crippen LogP contribution in [0.25, 0.3) is 11.4 Å². The summed E-state index contributed by atoms with van der Waals surface area (Å²) in [6.45, 7) is 6.07. The number of urea groups is 1. The van der Waals surface area contributed by atoms with Crippen LogP contribution in [0.5, 0.6) is 0 Å². The molecule has 0 aliphatic carbocycles. The SMILES string of the molecule is CO[C@H]1CN(C(C)C)C[C@@H]1NC(=O)N(C)Cc1nc(-c2cccnc2)no1. The van der Waals surface area contributed by atoms with Gasteiger partial charge in [0.2, 0.25) is 11.7 Å². The molecule has 0 bridgehead atoms. The Hall–Kier alpha value is -2.52. The number of hydrogen-bond donors (Lipinski definition) is 1. The summed E-state index contributed by atoms with van der Waals surface area (Å²) >= 11 is 0. The number of methoxy groups -OCH3 is 1. The summed E-state index contributed by atoms with van der Waals surface area (Å²) in [5.41, 5.74) is 0.766. The molecule has 2 atom stereocenters. The molecule has 0 radical (unpaired) electrons. The van der Waals surface area contributed by atoms with Crippen molar-refractivity contribution in [3.05, 3.63) is 30.4 Å². The molecule has 9 heteroatoms. The Balaban J connectivity index is 1.57. The van der Waals surface area contributed by atoms with E-state index in [1.807, 2.05) is 6.07 Å². The first-order valence-electron chi connectivity index (χ1n) is 8.99. The number of carbonyl (C=O) groups excluding carboxylic acids is 1. The Labute approximate surface area is 158 Å². The first kappa shape index (κ1) is 19.2. The fourth-order valence-corrected chi connectivity index (χ4v) is 3.08. The minimum atomic E-state index is -0.200. The normalized spacial score (nSPS) is 20.2. The zero-order chi connectivity index (χ0) is 19.4. The van der Waals surface area contributed by atoms with Crippen molar-refractivity contribution in [3.63, 3.8) is 0 Å². The maximum Gasteiger partial charge on any atom is 0.317 e. The Morgan fingerprint density at radius 2 is 2.30 bits per heavy atom. The molecular weight excluding hydrogens is 348 g/mol. The molecule has 3 rings (SSSR count). The van der Waals surface area contributed by atoms with Crippen molar-refractivity contribution in [2.45, 2.75) is 38.6 Å². The van der Waals surface area contributed by atoms with E-state index in [0.717, 1.165) is 18.7 Å². The van der Waals surface area contributed by atoms with Crippen LogP contribution in [0.15, 0.2) is 29.0 Å². The molecule has 2 aromatic heterocycles. The summed E-state index contributed by atoms with van der Waals surface area (Å²) in [5.74, 6) is 0.819. The van der Waals surface area contributed by atoms with E-state index in [1.165, 1.54) is 4.90 Å². The highest BCUT2D eigenvalue weighted by atomic mass is 16.5. The minimum absolute atomic E-state index is 0.0228. The van der Waals surface area contributed by atoms with E-state index >= 15 is 0 Å². The maximum atomic E-state index is 12.6. The van der Waals surface area contributed by atoms with E-state index in [0.29, 0.717) is 17.8 Å². The van der Waals surface area contributed by atoms with Crippen molar-refractivity contribution in [1.29, 1.82) is 0 Å². The summed E-state index contributed by atoms with van der Waals surface area (Å²) in [4.78, 5) is 24.7. The zero-order valence-electron chi connectivity index (χ0n) is 16.1. The van der Waals surface area contributed by atoms with E-state index in [4.69, 9.17) is 9.26 Å². The number of pyridine rings is 1. The maximum absolute atomic E-state index is 12.6. The summed E-state index contributed by atoms with van der Waals surface area (Å²) in [6, 6.07) is 3.81. The number of nitrogens with one attached hydrogen (secondary N) is 1. The van der Waals surface area contributed by atoms with Crippen LogP contribution in [0.3, 0.4) is 0 Å². The van der Waals surface area contributed by atoms with E-state index in [9.17, 15) is 4.79 Å². The van der Waals surface area contributed by atoms with E-state index < -0.39 is 0 Å². The minimum Gasteiger partial charge on any atom is -0.378 e. The second kappa shape index (κ2) is 8.45. The third-order valence-corrected chi connectivity index (χ3v) is 4.74. The lowest BCUT2D eigenvalue weighted by atomic mass is 10.2. The van der Waals surface area contributed by atoms with Crippen LogP contribution in [0.1, 0.15) is 19.7 Å². The lowest BCUT2D eigenvalue weighted by Crippen LogP contribution is -2.48. The molecular formula is C18H26N6O3. The molecule has 3 heterocycles. The highest BCUT2D eigenvalue weighted by Crippen LogP contribution is 2.17. The highest BCUT2D eigenvalue weighted by Gasteiger charge is 2.35. The first-order chi connectivity index (χ1) is 13.0. The van der Waals surface area contributed by atoms with Gasteiger partial charge in [-0.1, -0.05) is 5.16 Å². The number of ether oxygens (including phenoxy) is 1. The number of hydrogen-bond acceptors (Lipinski definition) is 7. The van der Waals surface area contributed by atoms with Crippen LogP contribution in [0.2, 0.25) is 0 Å². The molecule has 0 saturated carbocycles. The van der Waals surface area contributed by atoms with Crippen molar-refractivity contribution >= 4 is 6.03 Å². The molecule has 9 nitrogen and oxygen atoms in total. The van der Waals surface area contributed by atoms with Gasteiger partial charge in [-0.3, -0.25) is 9.88 Å². The molecule has 1 aliphatic rings. The molecule has 2 aromatic rings. The van der Waals surface area contributed by atoms with Crippen molar-refractivity contribution in [2.24, 2.45) is 0 Å². The lowest BCUT2D eigenvalue weighted by molar-refractivity contribution is 0.0872. The van der Waals surface area contributed by atoms with Gasteiger partial charge in [0.1, 0.15) is 6.54 Å². The van der Waals surface area contributed by atoms with Crippen molar-refractivity contribution in [2.75, 3.05) is 27.2 Å². The monoisotopic (exact) mass is 374 g/mol. The number of rotatable bonds is 6. The Morgan fingerprint density at radius 1 is 1.48 bits per heavy atom. The van der Waals surface area contributed by atoms with Crippen LogP contribution in [-0.4, -0.2) is 76.4 Å². The summed E-state index contributed by atoms with van der Waals surface area (Å²) < 4.78 is 10.8. The van der Waals surface area contributed by atoms with Crippen molar-refractivity contribution in [1.82, 2.24) is 30.2 Å². The van der Waals surface area contributed by atoms with Gasteiger partial charge in [0.15, 0.2) is 0 Å². The zero-order valence-corrected chi connectivity index (χ0v) is 16.1. The van der Waals surface area contributed by atoms with Crippen molar-refractivity contribution in [3.8, 4) is 11.4 Å². The predicted molar refractivity (Wildman–Crippen MR) is 98.8 cm³/mol. The molecule has 0 unspecified atom stereocenters. The molecule has 1 aliphatic heterocycles. The second-order valence-corrected chi connectivity index (χ2v) is 6.99. The molecule has 1 N–H and O–H groups in total. The molecule has 0 aromatic carbocycles. The van der Waals surface area contributed by atoms with Gasteiger partial charge in [-0.25, -0.2) is 4.79 Å². The molecule has 27 heavy (non-hydrogen) atoms. The molecule has 1 saturated heterocycles. The number of carbonyl (C=O) groups is 1. The summed E-state index contributed by atoms with van der Waals surface area (Å²) in [6.07, 6.45) is 3.32. The Morgan fingerprint density at radius 3 is 2.96 bits per heavy atom. The lowest BCUT2D eigenvalue weighted by Gasteiger charge is -2.23. The Bertz CT molecular complexity index is 751. The van der Waals surface area contributed by atoms with Crippen LogP contribution in [0, 0.1) is 0 Å². The van der Waals surface area contributed by atoms with Crippen LogP contribution in [0.4, 0.5) is 4.79 Å². The number of aromatic nitrogens is 3. The highest BCUT2D eigenvalue weighted by molar-refractivity contribution is 5.74. The third-order valence-electron chi connectivity index (χ3n) is 4.74. The smallest absolute Gasteiger partial charge is 0.317 e. The predicted octanol–water partition coefficient (Wildman–Crippen LogP) is 1.38. The van der Waals surface area contributed by atoms with Gasteiger partial charge in [-0.05, 0) is 26.0 Å². The molecule has 146 valence electrons. The van der Waals surface area contributed by atoms with Crippen molar-refractivity contribution < 1.29 is 14.1 Å². The summed E-state index contributed by atoms with van der Waals surface area (Å²) in [5, 5.41) is 6.99. The van der Waals surface area contributed by atoms with Crippen LogP contribution in [-0.2, 0) is 11.3 Å². The standard InChI is InChI=1S/C18H26N6O3/c1-12(2)24-9-14(15(10-24)26-4)20-18(25)23(3)11-16-21-17(22-27-16)13-6-5-7-19-8-13/h5-8,12,14-15H,9-11H2,1-4H3,(H,20,25)/t14-,15-/m0/s1. The van der Waals surface area contributed by atoms with Gasteiger partial charge in [-0.15, -0.1) is 0 Å². The van der Waals surface area contributed by atoms with Gasteiger partial charge in [0, 0.05) is 51.2 Å². The fourth-order valence-electron chi connectivity index (χ4n) is 3.08. The quantitative estimate of drug-likeness (QED) is 0.816. The van der Waals surface area contributed by atoms with Gasteiger partial charge < -0.3 is 19.5 Å². The van der Waals surface area contributed by atoms with Gasteiger partial charge in [-0.2, -0.15) is 4.98 Å². The number of nitrogens with zero attached hydrogens (tertiary/aromatic N) is 5. The molecule has 1 fully saturated rings. The topological polar surface area (TPSA) is 96.6 Å². The van der Waals surface area contributed by atoms with Gasteiger partial charge >= 0.3 is 6.03 Å². The average molecular weight is 374 g/mol. The van der Waals surface area contributed by atoms with E-state index in [1.54, 1.807) is 32.6 Å². The number of likely N-dealkylation sites (tertiary alicyclic amines) is 1. The largest absolute Gasteiger partial charge is 0.378 e. The average Bonchev–Trinajstić information content (AvgIpc) is 3.29. The molecule has 2 amide bonds. The Kier molecular flexibility index (Phi) is 6.02. The summed E-state index contributed by atoms with van der Waals surface area (Å²) in [7, 11) is 3.37. The first-order valence-corrected chi connectivity index (χ1v) is 8.99. The van der Waals surface area contributed by atoms with Gasteiger partial charge in [0.05, 0.1) is 12.1 Å². The van der Waals surface area contributed by atoms with E-state index in [-0.39, 0.29) is 24.7 Å². The number of amides is 2. The van der Waals surface area contributed by atoms with Crippen LogP contribution >= 0.6 is 0 Å². The third kappa shape index (κ3) is 4.61. The van der Waals surface area contributed by atoms with Gasteiger partial charge in [0.25, 0.3) is 0 Å².